The van der Waals surface area contributed by atoms with E-state index in [9.17, 15) is 5.11 Å². The molecule has 2 N–H and O–H groups in total. The molecule has 2 nitrogen and oxygen atoms in total. The predicted octanol–water partition coefficient (Wildman–Crippen LogP) is 2.46. The number of aliphatic hydroxyl groups is 1. The molecule has 1 saturated carbocycles. The second-order valence-corrected chi connectivity index (χ2v) is 4.70. The Balaban J connectivity index is 2.23. The lowest BCUT2D eigenvalue weighted by Gasteiger charge is -2.36. The van der Waals surface area contributed by atoms with Gasteiger partial charge in [0.2, 0.25) is 0 Å². The summed E-state index contributed by atoms with van der Waals surface area (Å²) in [5, 5.41) is 13.7. The van der Waals surface area contributed by atoms with Crippen molar-refractivity contribution in [1.82, 2.24) is 5.32 Å². The van der Waals surface area contributed by atoms with Crippen LogP contribution >= 0.6 is 0 Å². The topological polar surface area (TPSA) is 32.3 Å². The zero-order chi connectivity index (χ0) is 10.4. The summed E-state index contributed by atoms with van der Waals surface area (Å²) in [6.07, 6.45) is 7.56. The van der Waals surface area contributed by atoms with Crippen molar-refractivity contribution in [2.24, 2.45) is 0 Å². The van der Waals surface area contributed by atoms with Crippen LogP contribution < -0.4 is 5.32 Å². The van der Waals surface area contributed by atoms with Crippen LogP contribution in [0.15, 0.2) is 0 Å². The van der Waals surface area contributed by atoms with Crippen LogP contribution in [-0.2, 0) is 0 Å². The summed E-state index contributed by atoms with van der Waals surface area (Å²) in [7, 11) is 0. The SMILES string of the molecule is CCCNC1CCC(O)(CCC)CC1. The molecule has 0 spiro atoms. The highest BCUT2D eigenvalue weighted by atomic mass is 16.3. The van der Waals surface area contributed by atoms with Crippen molar-refractivity contribution in [2.75, 3.05) is 6.54 Å². The largest absolute Gasteiger partial charge is 0.390 e. The van der Waals surface area contributed by atoms with Crippen molar-refractivity contribution in [3.63, 3.8) is 0 Å². The van der Waals surface area contributed by atoms with Gasteiger partial charge in [-0.15, -0.1) is 0 Å². The molecular formula is C12H25NO. The van der Waals surface area contributed by atoms with E-state index in [1.165, 1.54) is 6.42 Å². The van der Waals surface area contributed by atoms with Gasteiger partial charge < -0.3 is 10.4 Å². The second-order valence-electron chi connectivity index (χ2n) is 4.70. The van der Waals surface area contributed by atoms with E-state index in [0.29, 0.717) is 6.04 Å². The Labute approximate surface area is 88.1 Å². The van der Waals surface area contributed by atoms with Crippen LogP contribution in [0.2, 0.25) is 0 Å². The average Bonchev–Trinajstić information content (AvgIpc) is 2.17. The zero-order valence-electron chi connectivity index (χ0n) is 9.68. The van der Waals surface area contributed by atoms with E-state index in [4.69, 9.17) is 0 Å². The van der Waals surface area contributed by atoms with Gasteiger partial charge in [0.1, 0.15) is 0 Å². The molecule has 0 heterocycles. The molecule has 14 heavy (non-hydrogen) atoms. The molecule has 0 aromatic rings. The quantitative estimate of drug-likeness (QED) is 0.713. The second kappa shape index (κ2) is 5.72. The minimum atomic E-state index is -0.334. The molecule has 1 fully saturated rings. The molecule has 1 aliphatic carbocycles. The Morgan fingerprint density at radius 1 is 1.21 bits per heavy atom. The zero-order valence-corrected chi connectivity index (χ0v) is 9.68. The Hall–Kier alpha value is -0.0800. The lowest BCUT2D eigenvalue weighted by Crippen LogP contribution is -2.41. The summed E-state index contributed by atoms with van der Waals surface area (Å²) in [6, 6.07) is 0.659. The highest BCUT2D eigenvalue weighted by molar-refractivity contribution is 4.87. The lowest BCUT2D eigenvalue weighted by molar-refractivity contribution is -0.0114. The molecule has 0 aromatic heterocycles. The molecule has 0 bridgehead atoms. The van der Waals surface area contributed by atoms with Crippen molar-refractivity contribution in [2.45, 2.75) is 70.4 Å². The third-order valence-corrected chi connectivity index (χ3v) is 3.31. The summed E-state index contributed by atoms with van der Waals surface area (Å²) < 4.78 is 0. The van der Waals surface area contributed by atoms with E-state index in [1.807, 2.05) is 0 Å². The molecular weight excluding hydrogens is 174 g/mol. The number of hydrogen-bond donors (Lipinski definition) is 2. The molecule has 0 radical (unpaired) electrons. The fourth-order valence-electron chi connectivity index (χ4n) is 2.42. The summed E-state index contributed by atoms with van der Waals surface area (Å²) in [4.78, 5) is 0. The first kappa shape index (κ1) is 12.0. The van der Waals surface area contributed by atoms with E-state index >= 15 is 0 Å². The van der Waals surface area contributed by atoms with Crippen molar-refractivity contribution in [3.05, 3.63) is 0 Å². The third-order valence-electron chi connectivity index (χ3n) is 3.31. The summed E-state index contributed by atoms with van der Waals surface area (Å²) in [6.45, 7) is 5.47. The third kappa shape index (κ3) is 3.58. The highest BCUT2D eigenvalue weighted by Crippen LogP contribution is 2.31. The van der Waals surface area contributed by atoms with Gasteiger partial charge in [-0.05, 0) is 45.1 Å². The minimum Gasteiger partial charge on any atom is -0.390 e. The Morgan fingerprint density at radius 3 is 2.36 bits per heavy atom. The first-order valence-corrected chi connectivity index (χ1v) is 6.16. The summed E-state index contributed by atoms with van der Waals surface area (Å²) in [5.74, 6) is 0. The van der Waals surface area contributed by atoms with Crippen molar-refractivity contribution in [1.29, 1.82) is 0 Å². The Morgan fingerprint density at radius 2 is 1.86 bits per heavy atom. The van der Waals surface area contributed by atoms with Crippen LogP contribution in [0.3, 0.4) is 0 Å². The fraction of sp³-hybridized carbons (Fsp3) is 1.00. The molecule has 0 atom stereocenters. The predicted molar refractivity (Wildman–Crippen MR) is 60.4 cm³/mol. The minimum absolute atomic E-state index is 0.334. The maximum absolute atomic E-state index is 10.2. The fourth-order valence-corrected chi connectivity index (χ4v) is 2.42. The van der Waals surface area contributed by atoms with E-state index in [0.717, 1.165) is 45.1 Å². The van der Waals surface area contributed by atoms with Gasteiger partial charge in [-0.3, -0.25) is 0 Å². The van der Waals surface area contributed by atoms with E-state index in [1.54, 1.807) is 0 Å². The van der Waals surface area contributed by atoms with Crippen LogP contribution in [0.5, 0.6) is 0 Å². The molecule has 0 unspecified atom stereocenters. The van der Waals surface area contributed by atoms with Gasteiger partial charge in [-0.1, -0.05) is 20.3 Å². The first-order valence-electron chi connectivity index (χ1n) is 6.16. The molecule has 1 aliphatic rings. The Kier molecular flexibility index (Phi) is 4.90. The van der Waals surface area contributed by atoms with Gasteiger partial charge in [-0.25, -0.2) is 0 Å². The van der Waals surface area contributed by atoms with Crippen LogP contribution in [0.25, 0.3) is 0 Å². The highest BCUT2D eigenvalue weighted by Gasteiger charge is 2.31. The lowest BCUT2D eigenvalue weighted by atomic mass is 9.79. The molecule has 0 saturated heterocycles. The first-order chi connectivity index (χ1) is 6.70. The van der Waals surface area contributed by atoms with Crippen LogP contribution in [0.1, 0.15) is 58.8 Å². The molecule has 0 amide bonds. The molecule has 0 aliphatic heterocycles. The van der Waals surface area contributed by atoms with E-state index < -0.39 is 0 Å². The van der Waals surface area contributed by atoms with Crippen molar-refractivity contribution >= 4 is 0 Å². The van der Waals surface area contributed by atoms with Gasteiger partial charge in [0.15, 0.2) is 0 Å². The van der Waals surface area contributed by atoms with E-state index in [2.05, 4.69) is 19.2 Å². The van der Waals surface area contributed by atoms with E-state index in [-0.39, 0.29) is 5.60 Å². The van der Waals surface area contributed by atoms with Gasteiger partial charge in [0.05, 0.1) is 5.60 Å². The molecule has 0 aromatic carbocycles. The summed E-state index contributed by atoms with van der Waals surface area (Å²) >= 11 is 0. The maximum Gasteiger partial charge on any atom is 0.0648 e. The molecule has 84 valence electrons. The normalized spacial score (nSPS) is 33.2. The number of rotatable bonds is 5. The average molecular weight is 199 g/mol. The van der Waals surface area contributed by atoms with Crippen LogP contribution in [0.4, 0.5) is 0 Å². The molecule has 2 heteroatoms. The maximum atomic E-state index is 10.2. The smallest absolute Gasteiger partial charge is 0.0648 e. The van der Waals surface area contributed by atoms with Gasteiger partial charge in [0, 0.05) is 6.04 Å². The van der Waals surface area contributed by atoms with Crippen LogP contribution in [-0.4, -0.2) is 23.3 Å². The van der Waals surface area contributed by atoms with Gasteiger partial charge in [0.25, 0.3) is 0 Å². The van der Waals surface area contributed by atoms with Crippen molar-refractivity contribution < 1.29 is 5.11 Å². The van der Waals surface area contributed by atoms with Crippen molar-refractivity contribution in [3.8, 4) is 0 Å². The standard InChI is InChI=1S/C12H25NO/c1-3-7-12(14)8-5-11(6-9-12)13-10-4-2/h11,13-14H,3-10H2,1-2H3. The van der Waals surface area contributed by atoms with Crippen LogP contribution in [0, 0.1) is 0 Å². The van der Waals surface area contributed by atoms with Gasteiger partial charge in [-0.2, -0.15) is 0 Å². The Bertz CT molecular complexity index is 150. The monoisotopic (exact) mass is 199 g/mol. The van der Waals surface area contributed by atoms with Gasteiger partial charge >= 0.3 is 0 Å². The molecule has 1 rings (SSSR count). The number of nitrogens with one attached hydrogen (secondary N) is 1. The summed E-state index contributed by atoms with van der Waals surface area (Å²) in [5.41, 5.74) is -0.334. The number of hydrogen-bond acceptors (Lipinski definition) is 2.